The molecule has 0 aliphatic carbocycles. The molecule has 3 rings (SSSR count). The fourth-order valence-electron chi connectivity index (χ4n) is 4.03. The first-order valence-electron chi connectivity index (χ1n) is 11.2. The van der Waals surface area contributed by atoms with Gasteiger partial charge in [0.2, 0.25) is 0 Å². The summed E-state index contributed by atoms with van der Waals surface area (Å²) in [5, 5.41) is 9.45. The molecule has 6 heteroatoms. The molecular weight excluding hydrogens is 407 g/mol. The Labute approximate surface area is 188 Å². The van der Waals surface area contributed by atoms with Crippen LogP contribution in [0.5, 0.6) is 0 Å². The molecule has 1 heterocycles. The largest absolute Gasteiger partial charge is 0.478 e. The molecule has 5 nitrogen and oxygen atoms in total. The Kier molecular flexibility index (Phi) is 7.67. The van der Waals surface area contributed by atoms with Gasteiger partial charge in [-0.3, -0.25) is 9.13 Å². The number of aromatic nitrogens is 2. The number of aromatic carboxylic acids is 1. The number of alkyl halides is 1. The average Bonchev–Trinajstić information content (AvgIpc) is 3.03. The van der Waals surface area contributed by atoms with Crippen molar-refractivity contribution < 1.29 is 14.3 Å². The van der Waals surface area contributed by atoms with Gasteiger partial charge >= 0.3 is 11.7 Å². The summed E-state index contributed by atoms with van der Waals surface area (Å²) in [5.41, 5.74) is 3.70. The zero-order chi connectivity index (χ0) is 23.3. The van der Waals surface area contributed by atoms with Crippen molar-refractivity contribution in [3.8, 4) is 11.1 Å². The van der Waals surface area contributed by atoms with Crippen LogP contribution in [-0.2, 0) is 26.2 Å². The molecule has 0 unspecified atom stereocenters. The number of halogens is 1. The van der Waals surface area contributed by atoms with Gasteiger partial charge in [0.05, 0.1) is 17.8 Å². The van der Waals surface area contributed by atoms with Crippen molar-refractivity contribution >= 4 is 5.97 Å². The van der Waals surface area contributed by atoms with Crippen molar-refractivity contribution in [2.75, 3.05) is 0 Å². The topological polar surface area (TPSA) is 64.2 Å². The summed E-state index contributed by atoms with van der Waals surface area (Å²) in [6, 6.07) is 14.4. The highest BCUT2D eigenvalue weighted by atomic mass is 19.1. The van der Waals surface area contributed by atoms with Gasteiger partial charge < -0.3 is 5.11 Å². The molecule has 3 aromatic rings. The number of rotatable bonds is 10. The number of carboxylic acid groups (broad SMARTS) is 1. The van der Waals surface area contributed by atoms with E-state index < -0.39 is 12.6 Å². The van der Waals surface area contributed by atoms with E-state index in [4.69, 9.17) is 0 Å². The lowest BCUT2D eigenvalue weighted by molar-refractivity contribution is 0.0697. The Bertz CT molecular complexity index is 1130. The predicted molar refractivity (Wildman–Crippen MR) is 125 cm³/mol. The third-order valence-electron chi connectivity index (χ3n) is 5.75. The molecule has 0 radical (unpaired) electrons. The Balaban J connectivity index is 1.95. The van der Waals surface area contributed by atoms with Gasteiger partial charge in [0.15, 0.2) is 0 Å². The molecule has 0 saturated carbocycles. The van der Waals surface area contributed by atoms with Crippen LogP contribution in [0.15, 0.2) is 53.3 Å². The molecule has 1 N–H and O–H groups in total. The number of hydrogen-bond acceptors (Lipinski definition) is 2. The molecule has 0 amide bonds. The Morgan fingerprint density at radius 1 is 1.03 bits per heavy atom. The first-order valence-corrected chi connectivity index (χ1v) is 11.2. The Hall–Kier alpha value is -3.15. The summed E-state index contributed by atoms with van der Waals surface area (Å²) >= 11 is 0. The van der Waals surface area contributed by atoms with Crippen LogP contribution < -0.4 is 5.69 Å². The minimum absolute atomic E-state index is 0.165. The van der Waals surface area contributed by atoms with E-state index in [0.717, 1.165) is 29.7 Å². The van der Waals surface area contributed by atoms with Gasteiger partial charge in [0.25, 0.3) is 0 Å². The van der Waals surface area contributed by atoms with Crippen LogP contribution in [-0.4, -0.2) is 20.2 Å². The number of benzene rings is 2. The molecule has 0 aliphatic heterocycles. The minimum Gasteiger partial charge on any atom is -0.478 e. The van der Waals surface area contributed by atoms with Crippen LogP contribution in [0.3, 0.4) is 0 Å². The van der Waals surface area contributed by atoms with E-state index in [9.17, 15) is 19.1 Å². The number of nitrogens with zero attached hydrogens (tertiary/aromatic N) is 2. The summed E-state index contributed by atoms with van der Waals surface area (Å²) in [6.45, 7) is 6.43. The van der Waals surface area contributed by atoms with E-state index in [1.54, 1.807) is 27.3 Å². The summed E-state index contributed by atoms with van der Waals surface area (Å²) in [4.78, 5) is 24.7. The molecule has 32 heavy (non-hydrogen) atoms. The maximum absolute atomic E-state index is 13.9. The highest BCUT2D eigenvalue weighted by Gasteiger charge is 2.19. The summed E-state index contributed by atoms with van der Waals surface area (Å²) in [6.07, 6.45) is 2.29. The van der Waals surface area contributed by atoms with E-state index in [2.05, 4.69) is 13.8 Å². The first-order chi connectivity index (χ1) is 15.4. The zero-order valence-corrected chi connectivity index (χ0v) is 19.0. The van der Waals surface area contributed by atoms with Crippen molar-refractivity contribution in [1.29, 1.82) is 0 Å². The van der Waals surface area contributed by atoms with Crippen LogP contribution in [0.25, 0.3) is 11.1 Å². The van der Waals surface area contributed by atoms with E-state index in [0.29, 0.717) is 36.7 Å². The quantitative estimate of drug-likeness (QED) is 0.453. The monoisotopic (exact) mass is 438 g/mol. The Morgan fingerprint density at radius 2 is 1.72 bits per heavy atom. The van der Waals surface area contributed by atoms with Crippen LogP contribution >= 0.6 is 0 Å². The first kappa shape index (κ1) is 23.5. The van der Waals surface area contributed by atoms with Gasteiger partial charge in [-0.25, -0.2) is 14.0 Å². The third-order valence-corrected chi connectivity index (χ3v) is 5.75. The fraction of sp³-hybridized carbons (Fsp3) is 0.385. The minimum atomic E-state index is -0.970. The molecule has 0 spiro atoms. The van der Waals surface area contributed by atoms with Crippen LogP contribution in [0.2, 0.25) is 0 Å². The maximum Gasteiger partial charge on any atom is 0.336 e. The van der Waals surface area contributed by atoms with Crippen molar-refractivity contribution in [3.05, 3.63) is 81.5 Å². The van der Waals surface area contributed by atoms with Crippen LogP contribution in [0.1, 0.15) is 60.9 Å². The molecule has 170 valence electrons. The lowest BCUT2D eigenvalue weighted by Gasteiger charge is -2.10. The highest BCUT2D eigenvalue weighted by molar-refractivity contribution is 5.95. The lowest BCUT2D eigenvalue weighted by Crippen LogP contribution is -2.26. The highest BCUT2D eigenvalue weighted by Crippen LogP contribution is 2.25. The van der Waals surface area contributed by atoms with Gasteiger partial charge in [-0.15, -0.1) is 0 Å². The molecule has 0 fully saturated rings. The molecule has 0 saturated heterocycles. The number of imidazole rings is 1. The van der Waals surface area contributed by atoms with E-state index in [1.165, 1.54) is 0 Å². The van der Waals surface area contributed by atoms with Crippen molar-refractivity contribution in [3.63, 3.8) is 0 Å². The number of carboxylic acids is 1. The van der Waals surface area contributed by atoms with E-state index in [-0.39, 0.29) is 11.3 Å². The molecule has 1 aromatic heterocycles. The third kappa shape index (κ3) is 5.01. The van der Waals surface area contributed by atoms with E-state index >= 15 is 0 Å². The molecule has 0 bridgehead atoms. The summed E-state index contributed by atoms with van der Waals surface area (Å²) < 4.78 is 17.2. The molecular formula is C26H31FN2O3. The Morgan fingerprint density at radius 3 is 2.31 bits per heavy atom. The smallest absolute Gasteiger partial charge is 0.336 e. The van der Waals surface area contributed by atoms with Gasteiger partial charge in [0.1, 0.15) is 6.67 Å². The predicted octanol–water partition coefficient (Wildman–Crippen LogP) is 5.53. The molecule has 0 aliphatic rings. The lowest BCUT2D eigenvalue weighted by atomic mass is 9.99. The normalized spacial score (nSPS) is 11.3. The van der Waals surface area contributed by atoms with Gasteiger partial charge in [-0.2, -0.15) is 0 Å². The summed E-state index contributed by atoms with van der Waals surface area (Å²) in [7, 11) is 0. The van der Waals surface area contributed by atoms with Gasteiger partial charge in [-0.1, -0.05) is 69.7 Å². The second-order valence-electron chi connectivity index (χ2n) is 8.53. The maximum atomic E-state index is 13.9. The molecule has 0 atom stereocenters. The molecule has 2 aromatic carbocycles. The number of hydrogen-bond donors (Lipinski definition) is 1. The summed E-state index contributed by atoms with van der Waals surface area (Å²) in [5.74, 6) is -0.546. The van der Waals surface area contributed by atoms with E-state index in [1.807, 2.05) is 37.3 Å². The van der Waals surface area contributed by atoms with Crippen molar-refractivity contribution in [1.82, 2.24) is 9.13 Å². The van der Waals surface area contributed by atoms with Gasteiger partial charge in [0, 0.05) is 12.2 Å². The average molecular weight is 439 g/mol. The fourth-order valence-corrected chi connectivity index (χ4v) is 4.03. The van der Waals surface area contributed by atoms with Crippen LogP contribution in [0, 0.1) is 5.92 Å². The SMILES string of the molecule is CCCc1c(CF)n(CCC(C)C)c(=O)n1Cc1ccc(-c2ccccc2C(=O)O)cc1. The zero-order valence-electron chi connectivity index (χ0n) is 19.0. The van der Waals surface area contributed by atoms with Crippen molar-refractivity contribution in [2.45, 2.75) is 59.8 Å². The van der Waals surface area contributed by atoms with Crippen molar-refractivity contribution in [2.24, 2.45) is 5.92 Å². The van der Waals surface area contributed by atoms with Gasteiger partial charge in [-0.05, 0) is 41.5 Å². The number of carbonyl (C=O) groups is 1. The van der Waals surface area contributed by atoms with Crippen LogP contribution in [0.4, 0.5) is 4.39 Å². The second kappa shape index (κ2) is 10.4. The standard InChI is InChI=1S/C26H31FN2O3/c1-4-7-23-24(16-27)28(15-14-18(2)3)26(32)29(23)17-19-10-12-20(13-11-19)21-8-5-6-9-22(21)25(30)31/h5-6,8-13,18H,4,7,14-17H2,1-3H3,(H,30,31). The second-order valence-corrected chi connectivity index (χ2v) is 8.53.